The summed E-state index contributed by atoms with van der Waals surface area (Å²) in [4.78, 5) is 41.4. The molecule has 0 aromatic heterocycles. The Hall–Kier alpha value is -2.40. The van der Waals surface area contributed by atoms with E-state index in [4.69, 9.17) is 20.7 Å². The van der Waals surface area contributed by atoms with E-state index in [9.17, 15) is 14.4 Å². The maximum atomic E-state index is 12.2. The van der Waals surface area contributed by atoms with Gasteiger partial charge in [0.2, 0.25) is 17.7 Å². The first-order chi connectivity index (χ1) is 14.4. The molecule has 3 amide bonds. The van der Waals surface area contributed by atoms with Gasteiger partial charge in [0, 0.05) is 51.7 Å². The van der Waals surface area contributed by atoms with Gasteiger partial charge in [-0.1, -0.05) is 5.11 Å². The number of azide groups is 1. The highest BCUT2D eigenvalue weighted by atomic mass is 16.5. The molecule has 30 heavy (non-hydrogen) atoms. The third-order valence-corrected chi connectivity index (χ3v) is 3.99. The van der Waals surface area contributed by atoms with Gasteiger partial charge < -0.3 is 30.3 Å². The van der Waals surface area contributed by atoms with Crippen LogP contribution >= 0.6 is 0 Å². The van der Waals surface area contributed by atoms with Crippen LogP contribution in [0.1, 0.15) is 25.7 Å². The lowest BCUT2D eigenvalue weighted by Gasteiger charge is -2.22. The Labute approximate surface area is 177 Å². The molecule has 0 fully saturated rings. The maximum Gasteiger partial charge on any atom is 0.242 e. The number of hydrogen-bond donors (Lipinski definition) is 2. The molecule has 0 aliphatic heterocycles. The molecule has 0 spiro atoms. The highest BCUT2D eigenvalue weighted by Crippen LogP contribution is 2.01. The van der Waals surface area contributed by atoms with E-state index in [1.807, 2.05) is 0 Å². The summed E-state index contributed by atoms with van der Waals surface area (Å²) in [6.07, 6.45) is 2.25. The van der Waals surface area contributed by atoms with E-state index >= 15 is 0 Å². The van der Waals surface area contributed by atoms with Crippen molar-refractivity contribution >= 4 is 17.7 Å². The van der Waals surface area contributed by atoms with Crippen LogP contribution in [0.3, 0.4) is 0 Å². The number of unbranched alkanes of at least 4 members (excludes halogenated alkanes) is 1. The number of nitrogens with two attached hydrogens (primary N) is 1. The first-order valence-corrected chi connectivity index (χ1v) is 10.0. The summed E-state index contributed by atoms with van der Waals surface area (Å²) < 4.78 is 10.6. The van der Waals surface area contributed by atoms with Crippen LogP contribution in [-0.4, -0.2) is 101 Å². The molecule has 0 saturated carbocycles. The topological polar surface area (TPSA) is 163 Å². The number of ether oxygens (including phenoxy) is 2. The first-order valence-electron chi connectivity index (χ1n) is 10.0. The second kappa shape index (κ2) is 18.6. The number of nitrogens with one attached hydrogen (secondary N) is 1. The predicted molar refractivity (Wildman–Crippen MR) is 111 cm³/mol. The molecule has 12 nitrogen and oxygen atoms in total. The molecule has 0 unspecified atom stereocenters. The molecule has 0 heterocycles. The molecule has 0 aliphatic rings. The van der Waals surface area contributed by atoms with Gasteiger partial charge in [-0.3, -0.25) is 14.4 Å². The van der Waals surface area contributed by atoms with Crippen LogP contribution in [-0.2, 0) is 23.9 Å². The van der Waals surface area contributed by atoms with Gasteiger partial charge in [0.05, 0.1) is 32.9 Å². The average Bonchev–Trinajstić information content (AvgIpc) is 2.72. The van der Waals surface area contributed by atoms with E-state index in [1.165, 1.54) is 16.8 Å². The van der Waals surface area contributed by atoms with Crippen molar-refractivity contribution in [2.45, 2.75) is 25.7 Å². The molecular formula is C18H35N7O5. The Balaban J connectivity index is 3.88. The van der Waals surface area contributed by atoms with Crippen molar-refractivity contribution in [2.24, 2.45) is 10.8 Å². The van der Waals surface area contributed by atoms with Crippen LogP contribution in [0.25, 0.3) is 10.4 Å². The van der Waals surface area contributed by atoms with Crippen molar-refractivity contribution in [3.63, 3.8) is 0 Å². The highest BCUT2D eigenvalue weighted by Gasteiger charge is 2.17. The van der Waals surface area contributed by atoms with Gasteiger partial charge in [0.25, 0.3) is 0 Å². The fourth-order valence-corrected chi connectivity index (χ4v) is 2.27. The number of amides is 3. The molecule has 3 N–H and O–H groups in total. The van der Waals surface area contributed by atoms with Crippen molar-refractivity contribution in [1.29, 1.82) is 0 Å². The van der Waals surface area contributed by atoms with Gasteiger partial charge in [-0.25, -0.2) is 0 Å². The quantitative estimate of drug-likeness (QED) is 0.133. The van der Waals surface area contributed by atoms with E-state index < -0.39 is 0 Å². The molecule has 0 radical (unpaired) electrons. The summed E-state index contributed by atoms with van der Waals surface area (Å²) in [5.74, 6) is -0.768. The summed E-state index contributed by atoms with van der Waals surface area (Å²) in [7, 11) is 3.07. The van der Waals surface area contributed by atoms with E-state index in [2.05, 4.69) is 15.3 Å². The van der Waals surface area contributed by atoms with Crippen molar-refractivity contribution in [2.75, 3.05) is 73.2 Å². The van der Waals surface area contributed by atoms with Crippen LogP contribution < -0.4 is 11.1 Å². The largest absolute Gasteiger partial charge is 0.379 e. The van der Waals surface area contributed by atoms with Crippen molar-refractivity contribution in [3.8, 4) is 0 Å². The van der Waals surface area contributed by atoms with Gasteiger partial charge in [0.1, 0.15) is 0 Å². The molecular weight excluding hydrogens is 394 g/mol. The number of carbonyl (C=O) groups is 3. The normalized spacial score (nSPS) is 10.2. The van der Waals surface area contributed by atoms with E-state index in [-0.39, 0.29) is 30.8 Å². The molecule has 172 valence electrons. The Morgan fingerprint density at radius 2 is 1.63 bits per heavy atom. The average molecular weight is 430 g/mol. The van der Waals surface area contributed by atoms with E-state index in [0.717, 1.165) is 6.42 Å². The standard InChI is InChI=1S/C18H35N7O5/c1-24(14-16(26)21-8-5-9-22-23-20)18(28)15-25(2)17(27)6-3-4-10-29-12-13-30-11-7-19/h3-15,19H2,1-2H3,(H,21,26). The lowest BCUT2D eigenvalue weighted by molar-refractivity contribution is -0.140. The fourth-order valence-electron chi connectivity index (χ4n) is 2.27. The van der Waals surface area contributed by atoms with Crippen LogP contribution in [0, 0.1) is 0 Å². The smallest absolute Gasteiger partial charge is 0.242 e. The zero-order chi connectivity index (χ0) is 22.6. The predicted octanol–water partition coefficient (Wildman–Crippen LogP) is -0.118. The minimum Gasteiger partial charge on any atom is -0.379 e. The number of carbonyl (C=O) groups excluding carboxylic acids is 3. The number of nitrogens with zero attached hydrogens (tertiary/aromatic N) is 5. The van der Waals surface area contributed by atoms with Gasteiger partial charge in [-0.15, -0.1) is 0 Å². The van der Waals surface area contributed by atoms with Crippen LogP contribution in [0.15, 0.2) is 5.11 Å². The molecule has 0 aromatic rings. The Kier molecular flexibility index (Phi) is 17.1. The van der Waals surface area contributed by atoms with Crippen molar-refractivity contribution < 1.29 is 23.9 Å². The molecule has 12 heteroatoms. The second-order valence-electron chi connectivity index (χ2n) is 6.63. The molecule has 0 bridgehead atoms. The summed E-state index contributed by atoms with van der Waals surface area (Å²) in [5.41, 5.74) is 13.5. The summed E-state index contributed by atoms with van der Waals surface area (Å²) in [6.45, 7) is 3.02. The lowest BCUT2D eigenvalue weighted by Crippen LogP contribution is -2.43. The molecule has 0 saturated heterocycles. The monoisotopic (exact) mass is 429 g/mol. The molecule has 0 aromatic carbocycles. The Morgan fingerprint density at radius 3 is 2.30 bits per heavy atom. The van der Waals surface area contributed by atoms with Crippen LogP contribution in [0.2, 0.25) is 0 Å². The van der Waals surface area contributed by atoms with Gasteiger partial charge in [-0.2, -0.15) is 0 Å². The molecule has 0 rings (SSSR count). The summed E-state index contributed by atoms with van der Waals surface area (Å²) >= 11 is 0. The molecule has 0 aliphatic carbocycles. The minimum atomic E-state index is -0.323. The SMILES string of the molecule is CN(CC(=O)NCCCN=[N+]=[N-])C(=O)CN(C)C(=O)CCCCOCCOCCN. The number of rotatable bonds is 18. The third-order valence-electron chi connectivity index (χ3n) is 3.99. The van der Waals surface area contributed by atoms with Crippen molar-refractivity contribution in [1.82, 2.24) is 15.1 Å². The summed E-state index contributed by atoms with van der Waals surface area (Å²) in [6, 6.07) is 0. The van der Waals surface area contributed by atoms with Gasteiger partial charge in [-0.05, 0) is 24.8 Å². The summed E-state index contributed by atoms with van der Waals surface area (Å²) in [5, 5.41) is 6.01. The van der Waals surface area contributed by atoms with E-state index in [0.29, 0.717) is 65.3 Å². The van der Waals surface area contributed by atoms with Crippen LogP contribution in [0.5, 0.6) is 0 Å². The Bertz CT molecular complexity index is 555. The van der Waals surface area contributed by atoms with Crippen molar-refractivity contribution in [3.05, 3.63) is 10.4 Å². The molecule has 0 atom stereocenters. The zero-order valence-electron chi connectivity index (χ0n) is 18.0. The van der Waals surface area contributed by atoms with Crippen LogP contribution in [0.4, 0.5) is 0 Å². The highest BCUT2D eigenvalue weighted by molar-refractivity contribution is 5.88. The second-order valence-corrected chi connectivity index (χ2v) is 6.63. The first kappa shape index (κ1) is 27.6. The Morgan fingerprint density at radius 1 is 0.967 bits per heavy atom. The van der Waals surface area contributed by atoms with Gasteiger partial charge >= 0.3 is 0 Å². The number of hydrogen-bond acceptors (Lipinski definition) is 7. The fraction of sp³-hybridized carbons (Fsp3) is 0.833. The van der Waals surface area contributed by atoms with E-state index in [1.54, 1.807) is 7.05 Å². The third kappa shape index (κ3) is 15.5. The zero-order valence-corrected chi connectivity index (χ0v) is 18.0. The number of likely N-dealkylation sites (N-methyl/N-ethyl adjacent to an activating group) is 2. The lowest BCUT2D eigenvalue weighted by atomic mass is 10.2. The maximum absolute atomic E-state index is 12.2. The minimum absolute atomic E-state index is 0.0888. The van der Waals surface area contributed by atoms with Gasteiger partial charge in [0.15, 0.2) is 0 Å².